The molecule has 0 bridgehead atoms. The number of ether oxygens (including phenoxy) is 2. The van der Waals surface area contributed by atoms with Gasteiger partial charge in [0.1, 0.15) is 12.1 Å². The maximum absolute atomic E-state index is 12.5. The third kappa shape index (κ3) is 5.09. The Bertz CT molecular complexity index is 966. The van der Waals surface area contributed by atoms with Crippen LogP contribution in [-0.4, -0.2) is 81.2 Å². The average molecular weight is 432 g/mol. The first-order valence-electron chi connectivity index (χ1n) is 10.4. The number of amides is 1. The highest BCUT2D eigenvalue weighted by atomic mass is 16.5. The molecule has 3 rings (SSSR count). The summed E-state index contributed by atoms with van der Waals surface area (Å²) in [6.07, 6.45) is 1.34. The highest BCUT2D eigenvalue weighted by Gasteiger charge is 2.29. The predicted molar refractivity (Wildman–Crippen MR) is 110 cm³/mol. The van der Waals surface area contributed by atoms with Gasteiger partial charge in [-0.1, -0.05) is 0 Å². The zero-order chi connectivity index (χ0) is 22.5. The molecule has 1 aliphatic heterocycles. The van der Waals surface area contributed by atoms with Crippen LogP contribution in [0.1, 0.15) is 38.4 Å². The van der Waals surface area contributed by atoms with Crippen LogP contribution in [0.15, 0.2) is 6.33 Å². The van der Waals surface area contributed by atoms with Gasteiger partial charge in [0.15, 0.2) is 6.10 Å². The third-order valence-corrected chi connectivity index (χ3v) is 5.17. The summed E-state index contributed by atoms with van der Waals surface area (Å²) in [6, 6.07) is 0. The van der Waals surface area contributed by atoms with Gasteiger partial charge in [-0.25, -0.2) is 4.98 Å². The number of nitrogens with zero attached hydrogens (tertiary/aromatic N) is 6. The van der Waals surface area contributed by atoms with Crippen molar-refractivity contribution in [2.45, 2.75) is 46.6 Å². The summed E-state index contributed by atoms with van der Waals surface area (Å²) in [7, 11) is 0. The molecule has 2 aromatic rings. The Morgan fingerprint density at radius 3 is 2.55 bits per heavy atom. The number of hydrogen-bond acceptors (Lipinski definition) is 9. The van der Waals surface area contributed by atoms with Crippen LogP contribution in [-0.2, 0) is 30.3 Å². The Balaban J connectivity index is 1.80. The summed E-state index contributed by atoms with van der Waals surface area (Å²) in [5.41, 5.74) is 1.68. The van der Waals surface area contributed by atoms with Crippen molar-refractivity contribution in [3.05, 3.63) is 17.6 Å². The highest BCUT2D eigenvalue weighted by molar-refractivity contribution is 5.83. The molecule has 0 N–H and O–H groups in total. The number of anilines is 1. The van der Waals surface area contributed by atoms with Gasteiger partial charge in [0.2, 0.25) is 0 Å². The number of aromatic nitrogens is 4. The molecule has 3 heterocycles. The largest absolute Gasteiger partial charge is 0.466 e. The van der Waals surface area contributed by atoms with E-state index in [4.69, 9.17) is 9.47 Å². The highest BCUT2D eigenvalue weighted by Crippen LogP contribution is 2.26. The zero-order valence-electron chi connectivity index (χ0n) is 18.3. The average Bonchev–Trinajstić information content (AvgIpc) is 3.19. The summed E-state index contributed by atoms with van der Waals surface area (Å²) in [6.45, 7) is 8.93. The number of aryl methyl sites for hydroxylation is 1. The van der Waals surface area contributed by atoms with E-state index in [0.29, 0.717) is 45.0 Å². The van der Waals surface area contributed by atoms with Gasteiger partial charge < -0.3 is 19.3 Å². The smallest absolute Gasteiger partial charge is 0.306 e. The first kappa shape index (κ1) is 22.4. The molecule has 1 aliphatic rings. The first-order chi connectivity index (χ1) is 14.8. The molecule has 0 aromatic carbocycles. The molecule has 1 saturated heterocycles. The lowest BCUT2D eigenvalue weighted by Crippen LogP contribution is -2.52. The minimum absolute atomic E-state index is 0.214. The molecule has 0 spiro atoms. The van der Waals surface area contributed by atoms with Crippen LogP contribution in [0.2, 0.25) is 0 Å². The van der Waals surface area contributed by atoms with Crippen molar-refractivity contribution in [2.24, 2.45) is 0 Å². The summed E-state index contributed by atoms with van der Waals surface area (Å²) >= 11 is 0. The van der Waals surface area contributed by atoms with Crippen molar-refractivity contribution in [1.29, 1.82) is 0 Å². The van der Waals surface area contributed by atoms with E-state index in [1.54, 1.807) is 23.3 Å². The summed E-state index contributed by atoms with van der Waals surface area (Å²) in [5, 5.41) is 4.32. The molecule has 1 atom stereocenters. The van der Waals surface area contributed by atoms with Crippen molar-refractivity contribution < 1.29 is 23.9 Å². The zero-order valence-corrected chi connectivity index (χ0v) is 18.3. The number of piperazine rings is 1. The maximum atomic E-state index is 12.5. The maximum Gasteiger partial charge on any atom is 0.306 e. The van der Waals surface area contributed by atoms with Gasteiger partial charge >= 0.3 is 11.9 Å². The second kappa shape index (κ2) is 9.71. The van der Waals surface area contributed by atoms with Crippen LogP contribution in [0.4, 0.5) is 5.82 Å². The quantitative estimate of drug-likeness (QED) is 0.577. The number of fused-ring (bicyclic) bond motifs is 1. The van der Waals surface area contributed by atoms with E-state index in [2.05, 4.69) is 20.0 Å². The number of hydrogen-bond donors (Lipinski definition) is 0. The van der Waals surface area contributed by atoms with E-state index >= 15 is 0 Å². The summed E-state index contributed by atoms with van der Waals surface area (Å²) in [5.74, 6) is 0.348. The van der Waals surface area contributed by atoms with Crippen LogP contribution in [0.5, 0.6) is 0 Å². The molecule has 31 heavy (non-hydrogen) atoms. The van der Waals surface area contributed by atoms with Crippen molar-refractivity contribution >= 4 is 29.4 Å². The van der Waals surface area contributed by atoms with Crippen LogP contribution >= 0.6 is 0 Å². The second-order valence-electron chi connectivity index (χ2n) is 7.34. The minimum atomic E-state index is -0.811. The van der Waals surface area contributed by atoms with Crippen molar-refractivity contribution in [1.82, 2.24) is 24.5 Å². The summed E-state index contributed by atoms with van der Waals surface area (Å²) in [4.78, 5) is 48.1. The monoisotopic (exact) mass is 432 g/mol. The molecular formula is C20H28N6O5. The number of carbonyl (C=O) groups excluding carboxylic acids is 3. The molecule has 0 radical (unpaired) electrons. The molecule has 11 heteroatoms. The fourth-order valence-electron chi connectivity index (χ4n) is 3.74. The van der Waals surface area contributed by atoms with E-state index in [1.807, 2.05) is 6.92 Å². The molecule has 11 nitrogen and oxygen atoms in total. The molecular weight excluding hydrogens is 404 g/mol. The lowest BCUT2D eigenvalue weighted by molar-refractivity contribution is -0.157. The summed E-state index contributed by atoms with van der Waals surface area (Å²) < 4.78 is 11.8. The van der Waals surface area contributed by atoms with Gasteiger partial charge in [0.05, 0.1) is 6.61 Å². The van der Waals surface area contributed by atoms with Gasteiger partial charge in [-0.2, -0.15) is 14.6 Å². The number of carbonyl (C=O) groups is 3. The van der Waals surface area contributed by atoms with E-state index < -0.39 is 12.1 Å². The van der Waals surface area contributed by atoms with Crippen LogP contribution in [0.25, 0.3) is 5.78 Å². The number of esters is 2. The van der Waals surface area contributed by atoms with Crippen molar-refractivity contribution in [2.75, 3.05) is 37.7 Å². The van der Waals surface area contributed by atoms with Gasteiger partial charge in [0.25, 0.3) is 11.7 Å². The standard InChI is InChI=1S/C20H28N6O5/c1-5-30-17(28)7-6-16-13(2)23-20-21-12-22-26(20)18(16)24-8-10-25(11-9-24)19(29)14(3)31-15(4)27/h12,14H,5-11H2,1-4H3/t14-/m0/s1. The Morgan fingerprint density at radius 1 is 1.19 bits per heavy atom. The fraction of sp³-hybridized carbons (Fsp3) is 0.600. The normalized spacial score (nSPS) is 15.1. The van der Waals surface area contributed by atoms with Crippen molar-refractivity contribution in [3.8, 4) is 0 Å². The second-order valence-corrected chi connectivity index (χ2v) is 7.34. The van der Waals surface area contributed by atoms with Gasteiger partial charge in [0, 0.05) is 50.8 Å². The van der Waals surface area contributed by atoms with Gasteiger partial charge in [-0.05, 0) is 27.2 Å². The minimum Gasteiger partial charge on any atom is -0.466 e. The predicted octanol–water partition coefficient (Wildman–Crippen LogP) is 0.529. The van der Waals surface area contributed by atoms with E-state index in [-0.39, 0.29) is 18.3 Å². The molecule has 1 amide bonds. The van der Waals surface area contributed by atoms with Gasteiger partial charge in [-0.3, -0.25) is 14.4 Å². The topological polar surface area (TPSA) is 119 Å². The Morgan fingerprint density at radius 2 is 1.90 bits per heavy atom. The molecule has 1 fully saturated rings. The lowest BCUT2D eigenvalue weighted by atomic mass is 10.1. The fourth-order valence-corrected chi connectivity index (χ4v) is 3.74. The molecule has 168 valence electrons. The van der Waals surface area contributed by atoms with Crippen LogP contribution in [0.3, 0.4) is 0 Å². The van der Waals surface area contributed by atoms with E-state index in [9.17, 15) is 14.4 Å². The Hall–Kier alpha value is -3.24. The van der Waals surface area contributed by atoms with E-state index in [0.717, 1.165) is 17.1 Å². The third-order valence-electron chi connectivity index (χ3n) is 5.17. The first-order valence-corrected chi connectivity index (χ1v) is 10.4. The van der Waals surface area contributed by atoms with Crippen molar-refractivity contribution in [3.63, 3.8) is 0 Å². The molecule has 0 saturated carbocycles. The lowest BCUT2D eigenvalue weighted by Gasteiger charge is -2.37. The SMILES string of the molecule is CCOC(=O)CCc1c(C)nc2ncnn2c1N1CCN(C(=O)[C@H](C)OC(C)=O)CC1. The number of rotatable bonds is 7. The van der Waals surface area contributed by atoms with Crippen LogP contribution < -0.4 is 4.90 Å². The Labute approximate surface area is 180 Å². The molecule has 0 unspecified atom stereocenters. The Kier molecular flexibility index (Phi) is 7.03. The molecule has 2 aromatic heterocycles. The van der Waals surface area contributed by atoms with Gasteiger partial charge in [-0.15, -0.1) is 0 Å². The molecule has 0 aliphatic carbocycles. The van der Waals surface area contributed by atoms with E-state index in [1.165, 1.54) is 13.3 Å². The van der Waals surface area contributed by atoms with Crippen LogP contribution in [0, 0.1) is 6.92 Å².